The molecule has 2 aromatic carbocycles. The summed E-state index contributed by atoms with van der Waals surface area (Å²) in [5.41, 5.74) is 1.87. The zero-order valence-corrected chi connectivity index (χ0v) is 22.3. The zero-order valence-electron chi connectivity index (χ0n) is 21.5. The van der Waals surface area contributed by atoms with Gasteiger partial charge in [-0.25, -0.2) is 13.2 Å². The van der Waals surface area contributed by atoms with Gasteiger partial charge in [0.1, 0.15) is 4.90 Å². The summed E-state index contributed by atoms with van der Waals surface area (Å²) in [6.07, 6.45) is 9.01. The van der Waals surface area contributed by atoms with Gasteiger partial charge < -0.3 is 15.3 Å². The van der Waals surface area contributed by atoms with Crippen LogP contribution >= 0.6 is 0 Å². The SMILES string of the molecule is CC[C@@H]1CCCCN1CCCC(=O)Nc1ccccc1S(=O)(=O)Nc1ccc2c(c1C(=O)O)CCCC2. The van der Waals surface area contributed by atoms with Crippen molar-refractivity contribution in [2.45, 2.75) is 82.1 Å². The van der Waals surface area contributed by atoms with Crippen molar-refractivity contribution in [2.75, 3.05) is 23.1 Å². The first-order chi connectivity index (χ1) is 17.8. The summed E-state index contributed by atoms with van der Waals surface area (Å²) in [6.45, 7) is 4.11. The number of carbonyl (C=O) groups is 2. The van der Waals surface area contributed by atoms with Crippen LogP contribution in [0.1, 0.15) is 79.8 Å². The molecule has 1 saturated heterocycles. The van der Waals surface area contributed by atoms with Crippen molar-refractivity contribution < 1.29 is 23.1 Å². The fraction of sp³-hybridized carbons (Fsp3) is 0.500. The number of hydrogen-bond donors (Lipinski definition) is 3. The van der Waals surface area contributed by atoms with E-state index in [1.807, 2.05) is 0 Å². The molecule has 2 aromatic rings. The van der Waals surface area contributed by atoms with Gasteiger partial charge in [-0.2, -0.15) is 0 Å². The maximum absolute atomic E-state index is 13.4. The smallest absolute Gasteiger partial charge is 0.338 e. The first-order valence-corrected chi connectivity index (χ1v) is 14.8. The van der Waals surface area contributed by atoms with E-state index >= 15 is 0 Å². The number of hydrogen-bond acceptors (Lipinski definition) is 5. The maximum Gasteiger partial charge on any atom is 0.338 e. The number of anilines is 2. The third-order valence-electron chi connectivity index (χ3n) is 7.51. The Hall–Kier alpha value is -2.91. The summed E-state index contributed by atoms with van der Waals surface area (Å²) in [5, 5.41) is 12.6. The predicted octanol–water partition coefficient (Wildman–Crippen LogP) is 5.05. The van der Waals surface area contributed by atoms with Crippen molar-refractivity contribution in [1.29, 1.82) is 0 Å². The predicted molar refractivity (Wildman–Crippen MR) is 145 cm³/mol. The average molecular weight is 528 g/mol. The normalized spacial score (nSPS) is 18.1. The topological polar surface area (TPSA) is 116 Å². The molecule has 1 amide bonds. The number of carboxylic acid groups (broad SMARTS) is 1. The highest BCUT2D eigenvalue weighted by Gasteiger charge is 2.26. The van der Waals surface area contributed by atoms with E-state index in [0.29, 0.717) is 30.9 Å². The molecule has 0 unspecified atom stereocenters. The summed E-state index contributed by atoms with van der Waals surface area (Å²) in [5.74, 6) is -1.40. The second-order valence-electron chi connectivity index (χ2n) is 9.99. The number of amides is 1. The molecular formula is C28H37N3O5S. The largest absolute Gasteiger partial charge is 0.478 e. The summed E-state index contributed by atoms with van der Waals surface area (Å²) < 4.78 is 29.2. The molecule has 0 spiro atoms. The van der Waals surface area contributed by atoms with Gasteiger partial charge in [-0.3, -0.25) is 9.52 Å². The lowest BCUT2D eigenvalue weighted by molar-refractivity contribution is -0.116. The first kappa shape index (κ1) is 27.1. The molecule has 1 heterocycles. The molecule has 0 aromatic heterocycles. The maximum atomic E-state index is 13.4. The highest BCUT2D eigenvalue weighted by molar-refractivity contribution is 7.92. The van der Waals surface area contributed by atoms with Crippen LogP contribution in [0.2, 0.25) is 0 Å². The summed E-state index contributed by atoms with van der Waals surface area (Å²) in [4.78, 5) is 27.2. The highest BCUT2D eigenvalue weighted by Crippen LogP contribution is 2.32. The number of aromatic carboxylic acids is 1. The fourth-order valence-electron chi connectivity index (χ4n) is 5.63. The van der Waals surface area contributed by atoms with Crippen molar-refractivity contribution in [3.8, 4) is 0 Å². The number of para-hydroxylation sites is 1. The first-order valence-electron chi connectivity index (χ1n) is 13.3. The Morgan fingerprint density at radius 2 is 1.81 bits per heavy atom. The van der Waals surface area contributed by atoms with Crippen molar-refractivity contribution in [3.05, 3.63) is 53.1 Å². The van der Waals surface area contributed by atoms with Gasteiger partial charge in [-0.05, 0) is 93.8 Å². The molecule has 200 valence electrons. The van der Waals surface area contributed by atoms with E-state index in [1.54, 1.807) is 24.3 Å². The molecule has 0 bridgehead atoms. The zero-order chi connectivity index (χ0) is 26.4. The van der Waals surface area contributed by atoms with Crippen LogP contribution in [0.3, 0.4) is 0 Å². The van der Waals surface area contributed by atoms with Gasteiger partial charge in [0.2, 0.25) is 5.91 Å². The van der Waals surface area contributed by atoms with Crippen LogP contribution in [0.5, 0.6) is 0 Å². The number of likely N-dealkylation sites (tertiary alicyclic amines) is 1. The standard InChI is InChI=1S/C28H37N3O5S/c1-2-21-11-7-8-18-31(21)19-9-15-26(32)29-23-13-5-6-14-25(23)37(35,36)30-24-17-16-20-10-3-4-12-22(20)27(24)28(33)34/h5-6,13-14,16-17,21,30H,2-4,7-12,15,18-19H2,1H3,(H,29,32)(H,33,34)/t21-/m1/s1. The van der Waals surface area contributed by atoms with Crippen LogP contribution < -0.4 is 10.0 Å². The molecular weight excluding hydrogens is 490 g/mol. The van der Waals surface area contributed by atoms with Crippen molar-refractivity contribution >= 4 is 33.3 Å². The van der Waals surface area contributed by atoms with E-state index < -0.39 is 16.0 Å². The number of nitrogens with zero attached hydrogens (tertiary/aromatic N) is 1. The number of aryl methyl sites for hydroxylation is 1. The van der Waals surface area contributed by atoms with E-state index in [1.165, 1.54) is 31.4 Å². The van der Waals surface area contributed by atoms with Crippen LogP contribution in [0, 0.1) is 0 Å². The molecule has 8 nitrogen and oxygen atoms in total. The number of carboxylic acids is 1. The molecule has 1 atom stereocenters. The number of fused-ring (bicyclic) bond motifs is 1. The second kappa shape index (κ2) is 12.1. The quantitative estimate of drug-likeness (QED) is 0.398. The van der Waals surface area contributed by atoms with E-state index in [0.717, 1.165) is 44.3 Å². The molecule has 1 aliphatic heterocycles. The molecule has 37 heavy (non-hydrogen) atoms. The Labute approximate surface area is 219 Å². The minimum absolute atomic E-state index is 0.00499. The van der Waals surface area contributed by atoms with Gasteiger partial charge in [-0.15, -0.1) is 0 Å². The molecule has 4 rings (SSSR count). The monoisotopic (exact) mass is 527 g/mol. The fourth-order valence-corrected chi connectivity index (χ4v) is 6.87. The minimum Gasteiger partial charge on any atom is -0.478 e. The van der Waals surface area contributed by atoms with Gasteiger partial charge in [0.25, 0.3) is 10.0 Å². The second-order valence-corrected chi connectivity index (χ2v) is 11.6. The van der Waals surface area contributed by atoms with Gasteiger partial charge >= 0.3 is 5.97 Å². The van der Waals surface area contributed by atoms with Crippen LogP contribution in [0.4, 0.5) is 11.4 Å². The van der Waals surface area contributed by atoms with Crippen LogP contribution in [-0.4, -0.2) is 49.4 Å². The minimum atomic E-state index is -4.16. The molecule has 2 aliphatic rings. The number of nitrogens with one attached hydrogen (secondary N) is 2. The van der Waals surface area contributed by atoms with E-state index in [9.17, 15) is 23.1 Å². The summed E-state index contributed by atoms with van der Waals surface area (Å²) in [6, 6.07) is 10.1. The third kappa shape index (κ3) is 6.51. The Morgan fingerprint density at radius 3 is 2.59 bits per heavy atom. The number of sulfonamides is 1. The molecule has 9 heteroatoms. The molecule has 3 N–H and O–H groups in total. The number of piperidine rings is 1. The van der Waals surface area contributed by atoms with E-state index in [4.69, 9.17) is 0 Å². The Balaban J connectivity index is 1.46. The van der Waals surface area contributed by atoms with E-state index in [2.05, 4.69) is 21.9 Å². The number of rotatable bonds is 10. The number of benzene rings is 2. The highest BCUT2D eigenvalue weighted by atomic mass is 32.2. The molecule has 1 fully saturated rings. The Kier molecular flexibility index (Phi) is 8.87. The summed E-state index contributed by atoms with van der Waals surface area (Å²) in [7, 11) is -4.16. The van der Waals surface area contributed by atoms with E-state index in [-0.39, 0.29) is 27.7 Å². The molecule has 1 aliphatic carbocycles. The van der Waals surface area contributed by atoms with Crippen molar-refractivity contribution in [2.24, 2.45) is 0 Å². The third-order valence-corrected chi connectivity index (χ3v) is 8.93. The van der Waals surface area contributed by atoms with Gasteiger partial charge in [0, 0.05) is 12.5 Å². The van der Waals surface area contributed by atoms with Gasteiger partial charge in [-0.1, -0.05) is 31.5 Å². The van der Waals surface area contributed by atoms with Crippen LogP contribution in [-0.2, 0) is 27.7 Å². The lowest BCUT2D eigenvalue weighted by atomic mass is 9.87. The Bertz CT molecular complexity index is 1240. The Morgan fingerprint density at radius 1 is 1.03 bits per heavy atom. The summed E-state index contributed by atoms with van der Waals surface area (Å²) >= 11 is 0. The van der Waals surface area contributed by atoms with Crippen molar-refractivity contribution in [3.63, 3.8) is 0 Å². The number of carbonyl (C=O) groups excluding carboxylic acids is 1. The van der Waals surface area contributed by atoms with Gasteiger partial charge in [0.05, 0.1) is 16.9 Å². The van der Waals surface area contributed by atoms with Gasteiger partial charge in [0.15, 0.2) is 0 Å². The van der Waals surface area contributed by atoms with Crippen molar-refractivity contribution in [1.82, 2.24) is 4.90 Å². The molecule has 0 saturated carbocycles. The molecule has 0 radical (unpaired) electrons. The van der Waals surface area contributed by atoms with Crippen LogP contribution in [0.15, 0.2) is 41.3 Å². The lowest BCUT2D eigenvalue weighted by Crippen LogP contribution is -2.39. The average Bonchev–Trinajstić information content (AvgIpc) is 2.88. The van der Waals surface area contributed by atoms with Crippen LogP contribution in [0.25, 0.3) is 0 Å². The lowest BCUT2D eigenvalue weighted by Gasteiger charge is -2.35.